The Kier molecular flexibility index (Phi) is 5.45. The lowest BCUT2D eigenvalue weighted by Gasteiger charge is -2.24. The molecule has 1 aliphatic rings. The van der Waals surface area contributed by atoms with Crippen molar-refractivity contribution in [2.24, 2.45) is 0 Å². The summed E-state index contributed by atoms with van der Waals surface area (Å²) in [7, 11) is 5.64. The number of aromatic nitrogens is 3. The molecular formula is C17H25N7O3. The summed E-state index contributed by atoms with van der Waals surface area (Å²) in [5.41, 5.74) is 0.526. The van der Waals surface area contributed by atoms with Crippen molar-refractivity contribution in [1.82, 2.24) is 24.9 Å². The van der Waals surface area contributed by atoms with Crippen LogP contribution < -0.4 is 15.8 Å². The molecule has 146 valence electrons. The molecule has 0 saturated carbocycles. The standard InChI is InChI=1S/C17H25N7O3/c1-11-7-14(21-27-11)19-17(26)24-6-5-13(10-24)23(4)9-12-8-15(25)20-16(18-12)22(2)3/h7-8,13H,5-6,9-10H2,1-4H3,(H,18,20,25)(H,19,21,26)/t13-/m1/s1. The number of nitrogens with zero attached hydrogens (tertiary/aromatic N) is 5. The Labute approximate surface area is 157 Å². The Morgan fingerprint density at radius 1 is 1.41 bits per heavy atom. The van der Waals surface area contributed by atoms with Crippen LogP contribution in [0.2, 0.25) is 0 Å². The van der Waals surface area contributed by atoms with Gasteiger partial charge in [0.25, 0.3) is 5.56 Å². The maximum atomic E-state index is 12.4. The van der Waals surface area contributed by atoms with E-state index in [1.165, 1.54) is 6.07 Å². The molecule has 1 fully saturated rings. The van der Waals surface area contributed by atoms with Crippen molar-refractivity contribution in [2.75, 3.05) is 44.4 Å². The molecule has 2 aromatic rings. The number of amides is 2. The second-order valence-electron chi connectivity index (χ2n) is 7.01. The molecule has 1 atom stereocenters. The minimum atomic E-state index is -0.191. The number of carbonyl (C=O) groups excluding carboxylic acids is 1. The lowest BCUT2D eigenvalue weighted by molar-refractivity contribution is 0.207. The van der Waals surface area contributed by atoms with Crippen molar-refractivity contribution in [3.63, 3.8) is 0 Å². The molecular weight excluding hydrogens is 350 g/mol. The van der Waals surface area contributed by atoms with Crippen LogP contribution in [-0.2, 0) is 6.54 Å². The molecule has 10 heteroatoms. The van der Waals surface area contributed by atoms with Gasteiger partial charge in [0.15, 0.2) is 5.82 Å². The number of likely N-dealkylation sites (N-methyl/N-ethyl adjacent to an activating group) is 1. The van der Waals surface area contributed by atoms with E-state index in [0.29, 0.717) is 42.9 Å². The summed E-state index contributed by atoms with van der Waals surface area (Å²) < 4.78 is 4.96. The molecule has 0 spiro atoms. The van der Waals surface area contributed by atoms with Gasteiger partial charge in [-0.1, -0.05) is 5.16 Å². The van der Waals surface area contributed by atoms with E-state index < -0.39 is 0 Å². The number of anilines is 2. The van der Waals surface area contributed by atoms with Gasteiger partial charge in [-0.15, -0.1) is 0 Å². The van der Waals surface area contributed by atoms with Gasteiger partial charge in [-0.3, -0.25) is 20.0 Å². The van der Waals surface area contributed by atoms with Gasteiger partial charge in [-0.05, 0) is 20.4 Å². The van der Waals surface area contributed by atoms with Crippen LogP contribution in [0.5, 0.6) is 0 Å². The average molecular weight is 375 g/mol. The first-order valence-electron chi connectivity index (χ1n) is 8.79. The van der Waals surface area contributed by atoms with Gasteiger partial charge >= 0.3 is 6.03 Å². The number of aromatic amines is 1. The van der Waals surface area contributed by atoms with E-state index in [-0.39, 0.29) is 17.6 Å². The summed E-state index contributed by atoms with van der Waals surface area (Å²) >= 11 is 0. The number of hydrogen-bond donors (Lipinski definition) is 2. The van der Waals surface area contributed by atoms with Gasteiger partial charge < -0.3 is 14.3 Å². The molecule has 10 nitrogen and oxygen atoms in total. The minimum Gasteiger partial charge on any atom is -0.360 e. The van der Waals surface area contributed by atoms with Crippen molar-refractivity contribution in [3.05, 3.63) is 33.9 Å². The van der Waals surface area contributed by atoms with Gasteiger partial charge in [0.2, 0.25) is 5.95 Å². The first-order valence-corrected chi connectivity index (χ1v) is 8.79. The first-order chi connectivity index (χ1) is 12.8. The summed E-state index contributed by atoms with van der Waals surface area (Å²) in [6, 6.07) is 3.19. The molecule has 2 aromatic heterocycles. The molecule has 2 N–H and O–H groups in total. The number of urea groups is 1. The van der Waals surface area contributed by atoms with Crippen LogP contribution in [0.4, 0.5) is 16.6 Å². The van der Waals surface area contributed by atoms with Crippen molar-refractivity contribution in [2.45, 2.75) is 25.9 Å². The number of likely N-dealkylation sites (tertiary alicyclic amines) is 1. The Hall–Kier alpha value is -2.88. The van der Waals surface area contributed by atoms with Gasteiger partial charge in [0.05, 0.1) is 5.69 Å². The fourth-order valence-electron chi connectivity index (χ4n) is 3.07. The van der Waals surface area contributed by atoms with E-state index >= 15 is 0 Å². The van der Waals surface area contributed by atoms with E-state index in [9.17, 15) is 9.59 Å². The van der Waals surface area contributed by atoms with Crippen molar-refractivity contribution in [3.8, 4) is 0 Å². The molecule has 27 heavy (non-hydrogen) atoms. The predicted octanol–water partition coefficient (Wildman–Crippen LogP) is 0.871. The van der Waals surface area contributed by atoms with Gasteiger partial charge in [0.1, 0.15) is 5.76 Å². The highest BCUT2D eigenvalue weighted by atomic mass is 16.5. The normalized spacial score (nSPS) is 16.8. The molecule has 1 saturated heterocycles. The lowest BCUT2D eigenvalue weighted by Crippen LogP contribution is -2.38. The molecule has 1 aliphatic heterocycles. The maximum Gasteiger partial charge on any atom is 0.323 e. The Balaban J connectivity index is 1.58. The first kappa shape index (κ1) is 18.9. The number of hydrogen-bond acceptors (Lipinski definition) is 7. The summed E-state index contributed by atoms with van der Waals surface area (Å²) in [4.78, 5) is 37.0. The number of H-pyrrole nitrogens is 1. The lowest BCUT2D eigenvalue weighted by atomic mass is 10.2. The number of carbonyl (C=O) groups is 1. The van der Waals surface area contributed by atoms with Crippen LogP contribution in [0, 0.1) is 6.92 Å². The minimum absolute atomic E-state index is 0.174. The third kappa shape index (κ3) is 4.64. The SMILES string of the molecule is Cc1cc(NC(=O)N2CC[C@@H](N(C)Cc3cc(=O)[nH]c(N(C)C)n3)C2)no1. The summed E-state index contributed by atoms with van der Waals surface area (Å²) in [6.45, 7) is 3.56. The zero-order chi connectivity index (χ0) is 19.6. The smallest absolute Gasteiger partial charge is 0.323 e. The highest BCUT2D eigenvalue weighted by molar-refractivity contribution is 5.88. The number of aryl methyl sites for hydroxylation is 1. The van der Waals surface area contributed by atoms with Crippen LogP contribution in [0.25, 0.3) is 0 Å². The summed E-state index contributed by atoms with van der Waals surface area (Å²) in [5.74, 6) is 1.59. The number of nitrogens with one attached hydrogen (secondary N) is 2. The summed E-state index contributed by atoms with van der Waals surface area (Å²) in [6.07, 6.45) is 0.853. The van der Waals surface area contributed by atoms with Crippen molar-refractivity contribution < 1.29 is 9.32 Å². The monoisotopic (exact) mass is 375 g/mol. The van der Waals surface area contributed by atoms with E-state index in [1.807, 2.05) is 21.1 Å². The highest BCUT2D eigenvalue weighted by Gasteiger charge is 2.29. The van der Waals surface area contributed by atoms with Crippen molar-refractivity contribution in [1.29, 1.82) is 0 Å². The molecule has 0 aliphatic carbocycles. The second kappa shape index (κ2) is 7.78. The van der Waals surface area contributed by atoms with E-state index in [0.717, 1.165) is 6.42 Å². The van der Waals surface area contributed by atoms with Gasteiger partial charge in [-0.2, -0.15) is 0 Å². The number of rotatable bonds is 5. The predicted molar refractivity (Wildman–Crippen MR) is 101 cm³/mol. The van der Waals surface area contributed by atoms with Crippen molar-refractivity contribution >= 4 is 17.8 Å². The van der Waals surface area contributed by atoms with Gasteiger partial charge in [0, 0.05) is 51.9 Å². The van der Waals surface area contributed by atoms with E-state index in [1.54, 1.807) is 22.8 Å². The van der Waals surface area contributed by atoms with Crippen LogP contribution in [0.3, 0.4) is 0 Å². The Morgan fingerprint density at radius 3 is 2.85 bits per heavy atom. The molecule has 0 radical (unpaired) electrons. The maximum absolute atomic E-state index is 12.4. The van der Waals surface area contributed by atoms with E-state index in [4.69, 9.17) is 4.52 Å². The third-order valence-corrected chi connectivity index (χ3v) is 4.55. The molecule has 2 amide bonds. The molecule has 0 bridgehead atoms. The molecule has 3 rings (SSSR count). The third-order valence-electron chi connectivity index (χ3n) is 4.55. The zero-order valence-corrected chi connectivity index (χ0v) is 16.0. The Bertz CT molecular complexity index is 860. The second-order valence-corrected chi connectivity index (χ2v) is 7.01. The van der Waals surface area contributed by atoms with Crippen LogP contribution >= 0.6 is 0 Å². The fourth-order valence-corrected chi connectivity index (χ4v) is 3.07. The van der Waals surface area contributed by atoms with E-state index in [2.05, 4.69) is 25.3 Å². The Morgan fingerprint density at radius 2 is 2.19 bits per heavy atom. The molecule has 3 heterocycles. The largest absolute Gasteiger partial charge is 0.360 e. The quantitative estimate of drug-likeness (QED) is 0.798. The summed E-state index contributed by atoms with van der Waals surface area (Å²) in [5, 5.41) is 6.52. The van der Waals surface area contributed by atoms with Crippen LogP contribution in [0.1, 0.15) is 17.9 Å². The average Bonchev–Trinajstić information content (AvgIpc) is 3.23. The topological polar surface area (TPSA) is 111 Å². The van der Waals surface area contributed by atoms with Crippen LogP contribution in [-0.4, -0.2) is 71.2 Å². The fraction of sp³-hybridized carbons (Fsp3) is 0.529. The van der Waals surface area contributed by atoms with Crippen LogP contribution in [0.15, 0.2) is 21.5 Å². The molecule has 0 aromatic carbocycles. The highest BCUT2D eigenvalue weighted by Crippen LogP contribution is 2.18. The molecule has 0 unspecified atom stereocenters. The van der Waals surface area contributed by atoms with Gasteiger partial charge in [-0.25, -0.2) is 9.78 Å². The zero-order valence-electron chi connectivity index (χ0n) is 16.0.